The third-order valence-corrected chi connectivity index (χ3v) is 4.61. The molecule has 170 valence electrons. The molecule has 8 heteroatoms. The summed E-state index contributed by atoms with van der Waals surface area (Å²) in [5.74, 6) is -0.819. The van der Waals surface area contributed by atoms with Crippen molar-refractivity contribution in [1.29, 1.82) is 0 Å². The van der Waals surface area contributed by atoms with Gasteiger partial charge in [-0.25, -0.2) is 4.39 Å². The second-order valence-corrected chi connectivity index (χ2v) is 7.32. The Bertz CT molecular complexity index is 1030. The van der Waals surface area contributed by atoms with Gasteiger partial charge >= 0.3 is 0 Å². The van der Waals surface area contributed by atoms with Crippen molar-refractivity contribution >= 4 is 24.0 Å². The van der Waals surface area contributed by atoms with Crippen molar-refractivity contribution in [3.05, 3.63) is 76.3 Å². The van der Waals surface area contributed by atoms with Crippen molar-refractivity contribution in [3.63, 3.8) is 0 Å². The number of hydrogen-bond acceptors (Lipinski definition) is 5. The highest BCUT2D eigenvalue weighted by atomic mass is 19.1. The molecular weight excluding hydrogens is 409 g/mol. The Morgan fingerprint density at radius 2 is 1.94 bits per heavy atom. The molecule has 1 unspecified atom stereocenters. The molecule has 32 heavy (non-hydrogen) atoms. The van der Waals surface area contributed by atoms with Gasteiger partial charge in [-0.2, -0.15) is 0 Å². The fourth-order valence-corrected chi connectivity index (χ4v) is 2.84. The van der Waals surface area contributed by atoms with Crippen LogP contribution in [0, 0.1) is 12.7 Å². The van der Waals surface area contributed by atoms with Crippen LogP contribution in [0.5, 0.6) is 0 Å². The average Bonchev–Trinajstić information content (AvgIpc) is 2.99. The molecule has 1 atom stereocenters. The molecule has 0 spiro atoms. The predicted molar refractivity (Wildman–Crippen MR) is 124 cm³/mol. The van der Waals surface area contributed by atoms with Gasteiger partial charge in [-0.1, -0.05) is 35.9 Å². The van der Waals surface area contributed by atoms with E-state index in [1.807, 2.05) is 37.3 Å². The number of carbonyl (C=O) groups excluding carboxylic acids is 2. The van der Waals surface area contributed by atoms with Gasteiger partial charge in [0, 0.05) is 17.1 Å². The van der Waals surface area contributed by atoms with Gasteiger partial charge in [0.05, 0.1) is 17.9 Å². The molecular formula is C24H30FN5O2. The number of hydrogen-bond donors (Lipinski definition) is 4. The molecule has 3 rings (SSSR count). The zero-order valence-corrected chi connectivity index (χ0v) is 18.2. The van der Waals surface area contributed by atoms with Crippen molar-refractivity contribution in [1.82, 2.24) is 15.6 Å². The van der Waals surface area contributed by atoms with Crippen molar-refractivity contribution in [3.8, 4) is 0 Å². The second-order valence-electron chi connectivity index (χ2n) is 7.32. The average molecular weight is 440 g/mol. The number of aryl methyl sites for hydroxylation is 1. The number of carbonyl (C=O) groups is 2. The van der Waals surface area contributed by atoms with E-state index in [1.165, 1.54) is 12.1 Å². The van der Waals surface area contributed by atoms with Gasteiger partial charge in [0.1, 0.15) is 5.82 Å². The highest BCUT2D eigenvalue weighted by Gasteiger charge is 2.14. The largest absolute Gasteiger partial charge is 0.346 e. The number of nitrogens with zero attached hydrogens (tertiary/aromatic N) is 1. The van der Waals surface area contributed by atoms with Crippen LogP contribution in [-0.2, 0) is 9.59 Å². The summed E-state index contributed by atoms with van der Waals surface area (Å²) in [6, 6.07) is 9.53. The molecule has 6 N–H and O–H groups in total. The highest BCUT2D eigenvalue weighted by Crippen LogP contribution is 1.99. The topological polar surface area (TPSA) is 123 Å². The number of allylic oxidation sites excluding steroid dienone is 2. The van der Waals surface area contributed by atoms with Crippen LogP contribution in [0.15, 0.2) is 54.4 Å². The maximum absolute atomic E-state index is 12.1. The number of nitrogens with two attached hydrogens (primary N) is 2. The number of halogens is 1. The van der Waals surface area contributed by atoms with Crippen molar-refractivity contribution < 1.29 is 14.0 Å². The van der Waals surface area contributed by atoms with Crippen LogP contribution in [-0.4, -0.2) is 35.9 Å². The lowest BCUT2D eigenvalue weighted by Gasteiger charge is -2.12. The summed E-state index contributed by atoms with van der Waals surface area (Å²) < 4.78 is 12.1. The van der Waals surface area contributed by atoms with Crippen LogP contribution in [0.1, 0.15) is 24.8 Å². The van der Waals surface area contributed by atoms with Gasteiger partial charge < -0.3 is 22.1 Å². The monoisotopic (exact) mass is 439 g/mol. The van der Waals surface area contributed by atoms with E-state index in [0.29, 0.717) is 31.5 Å². The van der Waals surface area contributed by atoms with Crippen LogP contribution < -0.4 is 32.7 Å². The standard InChI is InChI=1S/C17H23N5O2.C7H7F/c18-8-2-6-14(19)17(24)21-11-16(23)22-13-5-1-7-15-12(10-13)4-3-9-20-15;1-6-2-4-7(8)5-3-6/h3-5,7,9-10,14H,1-2,6,8,11,18-19H2,(H,21,24)(H,22,23);2-5H,1H3. The molecule has 1 aromatic carbocycles. The van der Waals surface area contributed by atoms with Crippen LogP contribution in [0.4, 0.5) is 4.39 Å². The predicted octanol–water partition coefficient (Wildman–Crippen LogP) is 0.363. The fourth-order valence-electron chi connectivity index (χ4n) is 2.84. The van der Waals surface area contributed by atoms with E-state index in [1.54, 1.807) is 18.3 Å². The molecule has 1 aliphatic carbocycles. The van der Waals surface area contributed by atoms with Crippen molar-refractivity contribution in [2.45, 2.75) is 32.2 Å². The van der Waals surface area contributed by atoms with Gasteiger partial charge in [0.25, 0.3) is 0 Å². The molecule has 2 aromatic rings. The Labute approximate surface area is 187 Å². The molecule has 0 aliphatic heterocycles. The van der Waals surface area contributed by atoms with E-state index in [9.17, 15) is 14.0 Å². The zero-order chi connectivity index (χ0) is 23.3. The van der Waals surface area contributed by atoms with Crippen molar-refractivity contribution in [2.75, 3.05) is 13.1 Å². The molecule has 1 aliphatic rings. The normalized spacial score (nSPS) is 12.9. The molecule has 0 saturated heterocycles. The van der Waals surface area contributed by atoms with E-state index in [0.717, 1.165) is 16.1 Å². The fraction of sp³-hybridized carbons (Fsp3) is 0.292. The van der Waals surface area contributed by atoms with E-state index in [-0.39, 0.29) is 24.2 Å². The van der Waals surface area contributed by atoms with Gasteiger partial charge in [0.2, 0.25) is 11.8 Å². The summed E-state index contributed by atoms with van der Waals surface area (Å²) >= 11 is 0. The van der Waals surface area contributed by atoms with Gasteiger partial charge in [0.15, 0.2) is 0 Å². The lowest BCUT2D eigenvalue weighted by molar-refractivity contribution is -0.126. The summed E-state index contributed by atoms with van der Waals surface area (Å²) in [5, 5.41) is 7.14. The Morgan fingerprint density at radius 1 is 1.19 bits per heavy atom. The van der Waals surface area contributed by atoms with Crippen LogP contribution in [0.3, 0.4) is 0 Å². The number of pyridine rings is 1. The highest BCUT2D eigenvalue weighted by molar-refractivity contribution is 5.88. The first-order valence-electron chi connectivity index (χ1n) is 10.5. The maximum atomic E-state index is 12.1. The second kappa shape index (κ2) is 13.1. The number of fused-ring (bicyclic) bond motifs is 1. The van der Waals surface area contributed by atoms with Crippen molar-refractivity contribution in [2.24, 2.45) is 11.5 Å². The van der Waals surface area contributed by atoms with E-state index in [2.05, 4.69) is 15.6 Å². The number of amides is 2. The summed E-state index contributed by atoms with van der Waals surface area (Å²) in [5.41, 5.74) is 12.9. The minimum absolute atomic E-state index is 0.121. The van der Waals surface area contributed by atoms with Gasteiger partial charge in [-0.3, -0.25) is 14.6 Å². The zero-order valence-electron chi connectivity index (χ0n) is 18.2. The third-order valence-electron chi connectivity index (χ3n) is 4.61. The van der Waals surface area contributed by atoms with Gasteiger partial charge in [-0.15, -0.1) is 0 Å². The Balaban J connectivity index is 0.000000380. The lowest BCUT2D eigenvalue weighted by Crippen LogP contribution is -2.44. The number of rotatable bonds is 7. The quantitative estimate of drug-likeness (QED) is 0.496. The number of benzene rings is 1. The number of aromatic nitrogens is 1. The first kappa shape index (κ1) is 24.9. The van der Waals surface area contributed by atoms with E-state index >= 15 is 0 Å². The summed E-state index contributed by atoms with van der Waals surface area (Å²) in [4.78, 5) is 28.1. The molecule has 0 fully saturated rings. The maximum Gasteiger partial charge on any atom is 0.243 e. The Kier molecular flexibility index (Phi) is 10.2. The van der Waals surface area contributed by atoms with Gasteiger partial charge in [-0.05, 0) is 57.0 Å². The first-order valence-corrected chi connectivity index (χ1v) is 10.5. The Morgan fingerprint density at radius 3 is 2.62 bits per heavy atom. The summed E-state index contributed by atoms with van der Waals surface area (Å²) in [7, 11) is 0. The third kappa shape index (κ3) is 8.79. The summed E-state index contributed by atoms with van der Waals surface area (Å²) in [6.07, 6.45) is 9.33. The molecule has 0 saturated carbocycles. The molecule has 7 nitrogen and oxygen atoms in total. The molecule has 1 aromatic heterocycles. The lowest BCUT2D eigenvalue weighted by atomic mass is 10.1. The Hall–Kier alpha value is -3.36. The first-order chi connectivity index (χ1) is 15.4. The SMILES string of the molecule is Cc1ccc(F)cc1.NCCCC(N)C(=O)NCC(=O)NC1=CCC=c2ncccc2=C1. The number of nitrogens with one attached hydrogen (secondary N) is 2. The molecule has 2 amide bonds. The van der Waals surface area contributed by atoms with Crippen LogP contribution in [0.2, 0.25) is 0 Å². The summed E-state index contributed by atoms with van der Waals surface area (Å²) in [6.45, 7) is 2.29. The molecule has 0 bridgehead atoms. The van der Waals surface area contributed by atoms with E-state index in [4.69, 9.17) is 11.5 Å². The van der Waals surface area contributed by atoms with Crippen LogP contribution in [0.25, 0.3) is 12.2 Å². The minimum atomic E-state index is -0.641. The van der Waals surface area contributed by atoms with E-state index < -0.39 is 6.04 Å². The molecule has 0 radical (unpaired) electrons. The molecule has 1 heterocycles. The smallest absolute Gasteiger partial charge is 0.243 e. The van der Waals surface area contributed by atoms with Crippen LogP contribution >= 0.6 is 0 Å². The minimum Gasteiger partial charge on any atom is -0.346 e.